The van der Waals surface area contributed by atoms with E-state index < -0.39 is 0 Å². The largest absolute Gasteiger partial charge is 0.454 e. The van der Waals surface area contributed by atoms with Gasteiger partial charge in [-0.2, -0.15) is 0 Å². The second-order valence-corrected chi connectivity index (χ2v) is 16.4. The first-order chi connectivity index (χ1) is 31.7. The van der Waals surface area contributed by atoms with E-state index in [0.717, 1.165) is 88.6 Å². The summed E-state index contributed by atoms with van der Waals surface area (Å²) in [6.07, 6.45) is 0. The van der Waals surface area contributed by atoms with Crippen molar-refractivity contribution in [2.45, 2.75) is 6.92 Å². The van der Waals surface area contributed by atoms with Crippen LogP contribution in [-0.4, -0.2) is 24.1 Å². The average molecular weight is 820 g/mol. The molecule has 4 heterocycles. The maximum Gasteiger partial charge on any atom is 0.165 e. The Morgan fingerprint density at radius 1 is 0.406 bits per heavy atom. The van der Waals surface area contributed by atoms with Gasteiger partial charge < -0.3 is 13.6 Å². The first-order valence-corrected chi connectivity index (χ1v) is 21.6. The van der Waals surface area contributed by atoms with Crippen LogP contribution in [0.2, 0.25) is 0 Å². The van der Waals surface area contributed by atoms with Crippen molar-refractivity contribution >= 4 is 65.6 Å². The maximum atomic E-state index is 7.12. The molecule has 0 unspecified atom stereocenters. The predicted molar refractivity (Wildman–Crippen MR) is 262 cm³/mol. The third-order valence-electron chi connectivity index (χ3n) is 12.7. The van der Waals surface area contributed by atoms with Crippen LogP contribution in [-0.2, 0) is 0 Å². The van der Waals surface area contributed by atoms with Crippen LogP contribution < -0.4 is 0 Å². The number of aromatic nitrogens is 5. The molecule has 0 spiro atoms. The molecule has 6 heteroatoms. The van der Waals surface area contributed by atoms with E-state index in [-0.39, 0.29) is 0 Å². The zero-order valence-electron chi connectivity index (χ0n) is 34.8. The van der Waals surface area contributed by atoms with Crippen molar-refractivity contribution in [3.05, 3.63) is 212 Å². The Hall–Kier alpha value is -8.61. The molecule has 0 bridgehead atoms. The van der Waals surface area contributed by atoms with Crippen molar-refractivity contribution in [2.24, 2.45) is 0 Å². The minimum absolute atomic E-state index is 0.594. The van der Waals surface area contributed by atoms with Crippen LogP contribution in [0.15, 0.2) is 211 Å². The Morgan fingerprint density at radius 3 is 1.58 bits per heavy atom. The van der Waals surface area contributed by atoms with Crippen molar-refractivity contribution in [3.8, 4) is 56.7 Å². The molecular formula is C58H37N5O. The van der Waals surface area contributed by atoms with E-state index >= 15 is 0 Å². The van der Waals surface area contributed by atoms with Gasteiger partial charge >= 0.3 is 0 Å². The third-order valence-corrected chi connectivity index (χ3v) is 12.7. The molecule has 9 aromatic carbocycles. The van der Waals surface area contributed by atoms with Crippen molar-refractivity contribution in [1.29, 1.82) is 0 Å². The van der Waals surface area contributed by atoms with Gasteiger partial charge in [0, 0.05) is 60.3 Å². The molecule has 300 valence electrons. The fraction of sp³-hybridized carbons (Fsp3) is 0.0172. The number of nitrogens with zero attached hydrogens (tertiary/aromatic N) is 5. The van der Waals surface area contributed by atoms with Crippen LogP contribution in [0.3, 0.4) is 0 Å². The van der Waals surface area contributed by atoms with Gasteiger partial charge in [-0.05, 0) is 60.5 Å². The van der Waals surface area contributed by atoms with Gasteiger partial charge in [0.15, 0.2) is 23.1 Å². The zero-order valence-corrected chi connectivity index (χ0v) is 34.8. The molecule has 0 radical (unpaired) electrons. The van der Waals surface area contributed by atoms with Crippen LogP contribution >= 0.6 is 0 Å². The minimum Gasteiger partial charge on any atom is -0.454 e. The highest BCUT2D eigenvalue weighted by Gasteiger charge is 2.28. The van der Waals surface area contributed by atoms with Gasteiger partial charge in [-0.1, -0.05) is 164 Å². The van der Waals surface area contributed by atoms with E-state index in [9.17, 15) is 0 Å². The molecular weight excluding hydrogens is 783 g/mol. The molecule has 0 saturated heterocycles. The first kappa shape index (κ1) is 36.1. The summed E-state index contributed by atoms with van der Waals surface area (Å²) in [6.45, 7) is 2.17. The molecule has 6 nitrogen and oxygen atoms in total. The molecule has 0 fully saturated rings. The van der Waals surface area contributed by atoms with Gasteiger partial charge in [-0.15, -0.1) is 0 Å². The molecule has 0 amide bonds. The van der Waals surface area contributed by atoms with Crippen LogP contribution in [0.25, 0.3) is 122 Å². The zero-order chi connectivity index (χ0) is 42.3. The van der Waals surface area contributed by atoms with Crippen molar-refractivity contribution in [3.63, 3.8) is 0 Å². The Kier molecular flexibility index (Phi) is 8.02. The lowest BCUT2D eigenvalue weighted by atomic mass is 9.97. The molecule has 0 aliphatic carbocycles. The smallest absolute Gasteiger partial charge is 0.165 e. The van der Waals surface area contributed by atoms with Gasteiger partial charge in [-0.25, -0.2) is 15.0 Å². The van der Waals surface area contributed by atoms with Gasteiger partial charge in [0.1, 0.15) is 5.58 Å². The summed E-state index contributed by atoms with van der Waals surface area (Å²) in [7, 11) is 0. The van der Waals surface area contributed by atoms with E-state index in [1.807, 2.05) is 66.7 Å². The highest BCUT2D eigenvalue weighted by atomic mass is 16.3. The third kappa shape index (κ3) is 5.42. The number of para-hydroxylation sites is 4. The normalized spacial score (nSPS) is 11.8. The number of aryl methyl sites for hydroxylation is 1. The van der Waals surface area contributed by atoms with Crippen molar-refractivity contribution in [2.75, 3.05) is 0 Å². The lowest BCUT2D eigenvalue weighted by molar-refractivity contribution is 0.666. The number of benzene rings is 9. The number of fused-ring (bicyclic) bond motifs is 10. The van der Waals surface area contributed by atoms with E-state index in [1.165, 1.54) is 21.7 Å². The summed E-state index contributed by atoms with van der Waals surface area (Å²) in [6, 6.07) is 72.4. The standard InChI is InChI=1S/C58H37N5O/c1-36-34-48(55-51(43-30-16-19-33-49(43)64-55)50(36)58-60-56(38-22-8-3-9-23-38)59-57(61-58)39-24-10-4-11-25-39)63-46-31-17-14-28-41(46)45-35-44(37-20-6-2-7-21-37)53-52(54(45)63)42-29-15-18-32-47(42)62(53)40-26-12-5-13-27-40/h2-35H,1H3. The molecule has 64 heavy (non-hydrogen) atoms. The first-order valence-electron chi connectivity index (χ1n) is 21.6. The van der Waals surface area contributed by atoms with Crippen LogP contribution in [0.4, 0.5) is 0 Å². The second-order valence-electron chi connectivity index (χ2n) is 16.4. The lowest BCUT2D eigenvalue weighted by Gasteiger charge is -2.16. The van der Waals surface area contributed by atoms with Gasteiger partial charge in [0.2, 0.25) is 0 Å². The Labute approximate surface area is 368 Å². The predicted octanol–water partition coefficient (Wildman–Crippen LogP) is 14.9. The fourth-order valence-corrected chi connectivity index (χ4v) is 9.93. The summed E-state index contributed by atoms with van der Waals surface area (Å²) < 4.78 is 12.0. The average Bonchev–Trinajstić information content (AvgIpc) is 4.03. The van der Waals surface area contributed by atoms with Crippen molar-refractivity contribution < 1.29 is 4.42 Å². The molecule has 13 aromatic rings. The van der Waals surface area contributed by atoms with Gasteiger partial charge in [0.05, 0.1) is 27.8 Å². The molecule has 4 aromatic heterocycles. The Morgan fingerprint density at radius 2 is 0.922 bits per heavy atom. The quantitative estimate of drug-likeness (QED) is 0.168. The topological polar surface area (TPSA) is 61.7 Å². The van der Waals surface area contributed by atoms with E-state index in [1.54, 1.807) is 0 Å². The summed E-state index contributed by atoms with van der Waals surface area (Å²) in [5.41, 5.74) is 14.2. The highest BCUT2D eigenvalue weighted by molar-refractivity contribution is 6.30. The maximum absolute atomic E-state index is 7.12. The highest BCUT2D eigenvalue weighted by Crippen LogP contribution is 2.49. The summed E-state index contributed by atoms with van der Waals surface area (Å²) >= 11 is 0. The van der Waals surface area contributed by atoms with Crippen LogP contribution in [0.5, 0.6) is 0 Å². The van der Waals surface area contributed by atoms with Gasteiger partial charge in [-0.3, -0.25) is 0 Å². The molecule has 0 atom stereocenters. The number of hydrogen-bond acceptors (Lipinski definition) is 4. The molecule has 0 aliphatic heterocycles. The van der Waals surface area contributed by atoms with E-state index in [2.05, 4.69) is 156 Å². The minimum atomic E-state index is 0.594. The Bertz CT molecular complexity index is 3890. The van der Waals surface area contributed by atoms with Crippen molar-refractivity contribution in [1.82, 2.24) is 24.1 Å². The molecule has 13 rings (SSSR count). The van der Waals surface area contributed by atoms with E-state index in [0.29, 0.717) is 17.5 Å². The summed E-state index contributed by atoms with van der Waals surface area (Å²) in [5, 5.41) is 6.64. The fourth-order valence-electron chi connectivity index (χ4n) is 9.93. The molecule has 0 N–H and O–H groups in total. The second kappa shape index (κ2) is 14.2. The number of furan rings is 1. The van der Waals surface area contributed by atoms with E-state index in [4.69, 9.17) is 19.4 Å². The molecule has 0 saturated carbocycles. The van der Waals surface area contributed by atoms with Crippen LogP contribution in [0.1, 0.15) is 5.56 Å². The number of rotatable bonds is 6. The SMILES string of the molecule is Cc1cc(-n2c3ccccc3c3cc(-c4ccccc4)c4c(c5ccccc5n4-c4ccccc4)c32)c2oc3ccccc3c2c1-c1nc(-c2ccccc2)nc(-c2ccccc2)n1. The molecule has 0 aliphatic rings. The summed E-state index contributed by atoms with van der Waals surface area (Å²) in [5.74, 6) is 1.82. The monoisotopic (exact) mass is 819 g/mol. The summed E-state index contributed by atoms with van der Waals surface area (Å²) in [4.78, 5) is 15.6. The van der Waals surface area contributed by atoms with Crippen LogP contribution in [0, 0.1) is 6.92 Å². The number of hydrogen-bond donors (Lipinski definition) is 0. The lowest BCUT2D eigenvalue weighted by Crippen LogP contribution is -2.03. The van der Waals surface area contributed by atoms with Gasteiger partial charge in [0.25, 0.3) is 0 Å². The Balaban J connectivity index is 1.19.